The molecule has 0 saturated carbocycles. The zero-order valence-electron chi connectivity index (χ0n) is 12.5. The van der Waals surface area contributed by atoms with Gasteiger partial charge >= 0.3 is 0 Å². The van der Waals surface area contributed by atoms with Crippen molar-refractivity contribution in [1.29, 1.82) is 0 Å². The van der Waals surface area contributed by atoms with Gasteiger partial charge in [0.05, 0.1) is 6.10 Å². The molecule has 2 rings (SSSR count). The lowest BCUT2D eigenvalue weighted by Crippen LogP contribution is -2.34. The number of rotatable bonds is 7. The number of nitrogens with one attached hydrogen (secondary N) is 1. The van der Waals surface area contributed by atoms with Gasteiger partial charge in [-0.05, 0) is 20.2 Å². The van der Waals surface area contributed by atoms with Gasteiger partial charge < -0.3 is 19.7 Å². The molecule has 1 atom stereocenters. The van der Waals surface area contributed by atoms with Crippen molar-refractivity contribution in [1.82, 2.24) is 10.2 Å². The summed E-state index contributed by atoms with van der Waals surface area (Å²) in [5.41, 5.74) is 2.15. The van der Waals surface area contributed by atoms with Crippen LogP contribution in [0.15, 0.2) is 28.7 Å². The Bertz CT molecular complexity index is 548. The number of hydrogen-bond donors (Lipinski definition) is 2. The summed E-state index contributed by atoms with van der Waals surface area (Å²) >= 11 is 0. The van der Waals surface area contributed by atoms with Gasteiger partial charge in [0, 0.05) is 37.0 Å². The van der Waals surface area contributed by atoms with E-state index in [1.165, 1.54) is 10.9 Å². The summed E-state index contributed by atoms with van der Waals surface area (Å²) < 4.78 is 5.86. The second-order valence-electron chi connectivity index (χ2n) is 5.40. The standard InChI is InChI=1S/C16H24N2O2/c1-4-15-14(10-17-9-12(19)11-18(2)3)13-7-5-6-8-16(13)20-15/h5-8,12,17,19H,4,9-11H2,1-3H3. The van der Waals surface area contributed by atoms with Crippen molar-refractivity contribution in [2.24, 2.45) is 0 Å². The smallest absolute Gasteiger partial charge is 0.134 e. The fraction of sp³-hybridized carbons (Fsp3) is 0.500. The number of likely N-dealkylation sites (N-methyl/N-ethyl adjacent to an activating group) is 1. The first-order chi connectivity index (χ1) is 9.61. The molecule has 2 aromatic rings. The predicted molar refractivity (Wildman–Crippen MR) is 81.9 cm³/mol. The van der Waals surface area contributed by atoms with E-state index in [1.807, 2.05) is 37.2 Å². The maximum atomic E-state index is 9.86. The molecule has 0 aliphatic carbocycles. The van der Waals surface area contributed by atoms with Gasteiger partial charge in [-0.15, -0.1) is 0 Å². The first kappa shape index (κ1) is 15.0. The van der Waals surface area contributed by atoms with Crippen LogP contribution in [0.1, 0.15) is 18.2 Å². The van der Waals surface area contributed by atoms with Gasteiger partial charge in [0.2, 0.25) is 0 Å². The maximum absolute atomic E-state index is 9.86. The Kier molecular flexibility index (Phi) is 5.17. The van der Waals surface area contributed by atoms with E-state index >= 15 is 0 Å². The van der Waals surface area contributed by atoms with Gasteiger partial charge in [-0.3, -0.25) is 0 Å². The zero-order valence-corrected chi connectivity index (χ0v) is 12.5. The maximum Gasteiger partial charge on any atom is 0.134 e. The zero-order chi connectivity index (χ0) is 14.5. The summed E-state index contributed by atoms with van der Waals surface area (Å²) in [4.78, 5) is 1.98. The topological polar surface area (TPSA) is 48.6 Å². The van der Waals surface area contributed by atoms with Crippen molar-refractivity contribution in [2.75, 3.05) is 27.2 Å². The highest BCUT2D eigenvalue weighted by Gasteiger charge is 2.12. The molecule has 0 amide bonds. The number of para-hydroxylation sites is 1. The van der Waals surface area contributed by atoms with Crippen LogP contribution in [-0.2, 0) is 13.0 Å². The van der Waals surface area contributed by atoms with E-state index < -0.39 is 0 Å². The molecule has 0 radical (unpaired) electrons. The fourth-order valence-corrected chi connectivity index (χ4v) is 2.48. The van der Waals surface area contributed by atoms with Crippen LogP contribution in [0.3, 0.4) is 0 Å². The molecule has 110 valence electrons. The minimum absolute atomic E-state index is 0.353. The molecule has 0 spiro atoms. The predicted octanol–water partition coefficient (Wildman–Crippen LogP) is 2.01. The second-order valence-corrected chi connectivity index (χ2v) is 5.40. The van der Waals surface area contributed by atoms with Gasteiger partial charge in [0.25, 0.3) is 0 Å². The van der Waals surface area contributed by atoms with Gasteiger partial charge in [-0.1, -0.05) is 25.1 Å². The van der Waals surface area contributed by atoms with E-state index in [9.17, 15) is 5.11 Å². The van der Waals surface area contributed by atoms with Gasteiger partial charge in [-0.2, -0.15) is 0 Å². The van der Waals surface area contributed by atoms with Crippen LogP contribution in [0.25, 0.3) is 11.0 Å². The summed E-state index contributed by atoms with van der Waals surface area (Å²) in [7, 11) is 3.92. The van der Waals surface area contributed by atoms with Crippen LogP contribution in [0.2, 0.25) is 0 Å². The van der Waals surface area contributed by atoms with Crippen molar-refractivity contribution < 1.29 is 9.52 Å². The summed E-state index contributed by atoms with van der Waals surface area (Å²) in [6, 6.07) is 8.11. The average molecular weight is 276 g/mol. The van der Waals surface area contributed by atoms with Crippen molar-refractivity contribution >= 4 is 11.0 Å². The molecule has 0 aliphatic rings. The van der Waals surface area contributed by atoms with Crippen LogP contribution >= 0.6 is 0 Å². The SMILES string of the molecule is CCc1oc2ccccc2c1CNCC(O)CN(C)C. The average Bonchev–Trinajstić information content (AvgIpc) is 2.76. The summed E-state index contributed by atoms with van der Waals surface area (Å²) in [6.07, 6.45) is 0.527. The van der Waals surface area contributed by atoms with E-state index in [-0.39, 0.29) is 6.10 Å². The normalized spacial score (nSPS) is 13.2. The van der Waals surface area contributed by atoms with Crippen LogP contribution in [0.5, 0.6) is 0 Å². The van der Waals surface area contributed by atoms with Crippen LogP contribution in [0.4, 0.5) is 0 Å². The molecular weight excluding hydrogens is 252 g/mol. The van der Waals surface area contributed by atoms with E-state index in [0.717, 1.165) is 24.3 Å². The Morgan fingerprint density at radius 2 is 2.05 bits per heavy atom. The Morgan fingerprint density at radius 3 is 2.75 bits per heavy atom. The van der Waals surface area contributed by atoms with Crippen LogP contribution < -0.4 is 5.32 Å². The molecule has 4 nitrogen and oxygen atoms in total. The molecule has 1 heterocycles. The molecule has 1 aromatic heterocycles. The minimum atomic E-state index is -0.353. The third-order valence-corrected chi connectivity index (χ3v) is 3.36. The lowest BCUT2D eigenvalue weighted by atomic mass is 10.1. The number of nitrogens with zero attached hydrogens (tertiary/aromatic N) is 1. The number of furan rings is 1. The fourth-order valence-electron chi connectivity index (χ4n) is 2.48. The van der Waals surface area contributed by atoms with E-state index in [0.29, 0.717) is 13.1 Å². The largest absolute Gasteiger partial charge is 0.461 e. The summed E-state index contributed by atoms with van der Waals surface area (Å²) in [5, 5.41) is 14.3. The lowest BCUT2D eigenvalue weighted by molar-refractivity contribution is 0.134. The third kappa shape index (κ3) is 3.60. The van der Waals surface area contributed by atoms with Gasteiger partial charge in [0.1, 0.15) is 11.3 Å². The van der Waals surface area contributed by atoms with Crippen molar-refractivity contribution in [3.05, 3.63) is 35.6 Å². The molecule has 20 heavy (non-hydrogen) atoms. The van der Waals surface area contributed by atoms with E-state index in [1.54, 1.807) is 0 Å². The Labute approximate surface area is 120 Å². The molecule has 1 unspecified atom stereocenters. The second kappa shape index (κ2) is 6.88. The van der Waals surface area contributed by atoms with Crippen LogP contribution in [-0.4, -0.2) is 43.3 Å². The molecule has 0 aliphatic heterocycles. The minimum Gasteiger partial charge on any atom is -0.461 e. The summed E-state index contributed by atoms with van der Waals surface area (Å²) in [6.45, 7) is 4.08. The van der Waals surface area contributed by atoms with Crippen molar-refractivity contribution in [3.8, 4) is 0 Å². The molecular formula is C16H24N2O2. The number of benzene rings is 1. The number of aliphatic hydroxyl groups excluding tert-OH is 1. The van der Waals surface area contributed by atoms with Crippen molar-refractivity contribution in [3.63, 3.8) is 0 Å². The molecule has 1 aromatic carbocycles. The highest BCUT2D eigenvalue weighted by Crippen LogP contribution is 2.26. The molecule has 0 saturated heterocycles. The summed E-state index contributed by atoms with van der Waals surface area (Å²) in [5.74, 6) is 1.03. The Hall–Kier alpha value is -1.36. The number of fused-ring (bicyclic) bond motifs is 1. The highest BCUT2D eigenvalue weighted by molar-refractivity contribution is 5.82. The lowest BCUT2D eigenvalue weighted by Gasteiger charge is -2.16. The number of aliphatic hydroxyl groups is 1. The van der Waals surface area contributed by atoms with Crippen LogP contribution in [0, 0.1) is 0 Å². The first-order valence-electron chi connectivity index (χ1n) is 7.14. The molecule has 0 fully saturated rings. The highest BCUT2D eigenvalue weighted by atomic mass is 16.3. The number of hydrogen-bond acceptors (Lipinski definition) is 4. The van der Waals surface area contributed by atoms with Crippen molar-refractivity contribution in [2.45, 2.75) is 26.0 Å². The van der Waals surface area contributed by atoms with E-state index in [2.05, 4.69) is 18.3 Å². The molecule has 0 bridgehead atoms. The monoisotopic (exact) mass is 276 g/mol. The Balaban J connectivity index is 2.02. The first-order valence-corrected chi connectivity index (χ1v) is 7.14. The quantitative estimate of drug-likeness (QED) is 0.812. The molecule has 2 N–H and O–H groups in total. The Morgan fingerprint density at radius 1 is 1.30 bits per heavy atom. The van der Waals surface area contributed by atoms with Gasteiger partial charge in [0.15, 0.2) is 0 Å². The number of aryl methyl sites for hydroxylation is 1. The molecule has 4 heteroatoms. The van der Waals surface area contributed by atoms with E-state index in [4.69, 9.17) is 4.42 Å². The van der Waals surface area contributed by atoms with Gasteiger partial charge in [-0.25, -0.2) is 0 Å². The third-order valence-electron chi connectivity index (χ3n) is 3.36.